The van der Waals surface area contributed by atoms with Gasteiger partial charge in [-0.3, -0.25) is 14.3 Å². The van der Waals surface area contributed by atoms with Crippen molar-refractivity contribution in [3.8, 4) is 0 Å². The Hall–Kier alpha value is -3.65. The second-order valence-electron chi connectivity index (χ2n) is 7.69. The molecule has 3 N–H and O–H groups in total. The minimum atomic E-state index is -3.76. The molecule has 0 aliphatic rings. The Kier molecular flexibility index (Phi) is 7.50. The van der Waals surface area contributed by atoms with Gasteiger partial charge in [-0.05, 0) is 73.4 Å². The van der Waals surface area contributed by atoms with Crippen LogP contribution in [0.2, 0.25) is 0 Å². The SMILES string of the molecule is CCc1ccccc1NC(=O)CNC(=O)c1ccc(NS(=O)(=O)c2cc(C)ccc2C)cc1. The van der Waals surface area contributed by atoms with Crippen LogP contribution in [0.3, 0.4) is 0 Å². The number of rotatable bonds is 8. The second-order valence-corrected chi connectivity index (χ2v) is 9.34. The molecule has 0 aromatic heterocycles. The van der Waals surface area contributed by atoms with E-state index in [1.54, 1.807) is 19.1 Å². The van der Waals surface area contributed by atoms with Crippen molar-refractivity contribution in [2.75, 3.05) is 16.6 Å². The summed E-state index contributed by atoms with van der Waals surface area (Å²) in [6, 6.07) is 18.7. The molecule has 0 aliphatic heterocycles. The van der Waals surface area contributed by atoms with E-state index >= 15 is 0 Å². The number of aryl methyl sites for hydroxylation is 3. The molecule has 0 atom stereocenters. The molecule has 3 aromatic carbocycles. The van der Waals surface area contributed by atoms with Crippen LogP contribution in [-0.4, -0.2) is 26.8 Å². The van der Waals surface area contributed by atoms with Gasteiger partial charge in [-0.2, -0.15) is 0 Å². The molecule has 8 heteroatoms. The number of hydrogen-bond acceptors (Lipinski definition) is 4. The molecule has 0 saturated carbocycles. The van der Waals surface area contributed by atoms with E-state index in [0.717, 1.165) is 23.2 Å². The maximum Gasteiger partial charge on any atom is 0.262 e. The van der Waals surface area contributed by atoms with Gasteiger partial charge in [-0.1, -0.05) is 37.3 Å². The number of nitrogens with one attached hydrogen (secondary N) is 3. The lowest BCUT2D eigenvalue weighted by atomic mass is 10.1. The molecule has 0 saturated heterocycles. The first-order valence-electron chi connectivity index (χ1n) is 10.6. The fourth-order valence-electron chi connectivity index (χ4n) is 3.30. The van der Waals surface area contributed by atoms with Crippen molar-refractivity contribution in [3.63, 3.8) is 0 Å². The number of carbonyl (C=O) groups is 2. The first-order valence-corrected chi connectivity index (χ1v) is 12.0. The summed E-state index contributed by atoms with van der Waals surface area (Å²) in [5.74, 6) is -0.764. The zero-order valence-corrected chi connectivity index (χ0v) is 19.6. The van der Waals surface area contributed by atoms with E-state index in [0.29, 0.717) is 16.8 Å². The zero-order chi connectivity index (χ0) is 24.0. The van der Waals surface area contributed by atoms with Crippen LogP contribution in [0.4, 0.5) is 11.4 Å². The van der Waals surface area contributed by atoms with Crippen LogP contribution in [0.15, 0.2) is 71.6 Å². The van der Waals surface area contributed by atoms with E-state index < -0.39 is 15.9 Å². The van der Waals surface area contributed by atoms with Crippen molar-refractivity contribution < 1.29 is 18.0 Å². The lowest BCUT2D eigenvalue weighted by Gasteiger charge is -2.12. The molecular weight excluding hydrogens is 438 g/mol. The molecule has 0 unspecified atom stereocenters. The Bertz CT molecular complexity index is 1270. The van der Waals surface area contributed by atoms with Gasteiger partial charge in [0.15, 0.2) is 0 Å². The molecule has 33 heavy (non-hydrogen) atoms. The lowest BCUT2D eigenvalue weighted by molar-refractivity contribution is -0.115. The maximum atomic E-state index is 12.7. The quantitative estimate of drug-likeness (QED) is 0.467. The number of amides is 2. The summed E-state index contributed by atoms with van der Waals surface area (Å²) < 4.78 is 28.0. The maximum absolute atomic E-state index is 12.7. The number of anilines is 2. The number of para-hydroxylation sites is 1. The molecule has 0 spiro atoms. The van der Waals surface area contributed by atoms with Crippen molar-refractivity contribution in [2.24, 2.45) is 0 Å². The topological polar surface area (TPSA) is 104 Å². The number of hydrogen-bond donors (Lipinski definition) is 3. The van der Waals surface area contributed by atoms with Crippen LogP contribution in [0.25, 0.3) is 0 Å². The summed E-state index contributed by atoms with van der Waals surface area (Å²) in [6.07, 6.45) is 0.780. The third-order valence-corrected chi connectivity index (χ3v) is 6.64. The monoisotopic (exact) mass is 465 g/mol. The molecule has 0 heterocycles. The molecule has 0 fully saturated rings. The van der Waals surface area contributed by atoms with Gasteiger partial charge in [0.25, 0.3) is 15.9 Å². The van der Waals surface area contributed by atoms with Crippen molar-refractivity contribution in [2.45, 2.75) is 32.1 Å². The second kappa shape index (κ2) is 10.3. The highest BCUT2D eigenvalue weighted by molar-refractivity contribution is 7.92. The summed E-state index contributed by atoms with van der Waals surface area (Å²) in [7, 11) is -3.76. The van der Waals surface area contributed by atoms with Gasteiger partial charge >= 0.3 is 0 Å². The van der Waals surface area contributed by atoms with Gasteiger partial charge in [0.1, 0.15) is 0 Å². The third kappa shape index (κ3) is 6.20. The molecular formula is C25H27N3O4S. The van der Waals surface area contributed by atoms with Crippen molar-refractivity contribution in [1.29, 1.82) is 0 Å². The van der Waals surface area contributed by atoms with Gasteiger partial charge in [0, 0.05) is 16.9 Å². The van der Waals surface area contributed by atoms with Crippen LogP contribution < -0.4 is 15.4 Å². The average Bonchev–Trinajstić information content (AvgIpc) is 2.79. The van der Waals surface area contributed by atoms with Crippen LogP contribution in [0.5, 0.6) is 0 Å². The van der Waals surface area contributed by atoms with Gasteiger partial charge in [0.2, 0.25) is 5.91 Å². The number of carbonyl (C=O) groups excluding carboxylic acids is 2. The number of sulfonamides is 1. The Labute approximate surface area is 194 Å². The van der Waals surface area contributed by atoms with E-state index in [-0.39, 0.29) is 17.3 Å². The Morgan fingerprint density at radius 1 is 0.909 bits per heavy atom. The van der Waals surface area contributed by atoms with Crippen LogP contribution in [0, 0.1) is 13.8 Å². The molecule has 172 valence electrons. The smallest absolute Gasteiger partial charge is 0.262 e. The minimum absolute atomic E-state index is 0.183. The molecule has 2 amide bonds. The van der Waals surface area contributed by atoms with Crippen LogP contribution >= 0.6 is 0 Å². The number of benzene rings is 3. The molecule has 3 aromatic rings. The first-order chi connectivity index (χ1) is 15.7. The zero-order valence-electron chi connectivity index (χ0n) is 18.8. The fourth-order valence-corrected chi connectivity index (χ4v) is 4.69. The Balaban J connectivity index is 1.60. The molecule has 7 nitrogen and oxygen atoms in total. The summed E-state index contributed by atoms with van der Waals surface area (Å²) in [5, 5.41) is 5.37. The van der Waals surface area contributed by atoms with Gasteiger partial charge in [-0.25, -0.2) is 8.42 Å². The van der Waals surface area contributed by atoms with Crippen molar-refractivity contribution >= 4 is 33.2 Å². The highest BCUT2D eigenvalue weighted by atomic mass is 32.2. The van der Waals surface area contributed by atoms with Gasteiger partial charge in [0.05, 0.1) is 11.4 Å². The molecule has 3 rings (SSSR count). The molecule has 0 bridgehead atoms. The summed E-state index contributed by atoms with van der Waals surface area (Å²) in [5.41, 5.74) is 3.86. The normalized spacial score (nSPS) is 11.0. The molecule has 0 aliphatic carbocycles. The predicted molar refractivity (Wildman–Crippen MR) is 130 cm³/mol. The fraction of sp³-hybridized carbons (Fsp3) is 0.200. The van der Waals surface area contributed by atoms with Crippen molar-refractivity contribution in [3.05, 3.63) is 89.0 Å². The first kappa shape index (κ1) is 24.0. The standard InChI is InChI=1S/C25H27N3O4S/c1-4-19-7-5-6-8-22(19)27-24(29)16-26-25(30)20-11-13-21(14-12-20)28-33(31,32)23-15-17(2)9-10-18(23)3/h5-15,28H,4,16H2,1-3H3,(H,26,30)(H,27,29). The predicted octanol–water partition coefficient (Wildman–Crippen LogP) is 4.04. The van der Waals surface area contributed by atoms with E-state index in [1.165, 1.54) is 24.3 Å². The van der Waals surface area contributed by atoms with E-state index in [4.69, 9.17) is 0 Å². The summed E-state index contributed by atoms with van der Waals surface area (Å²) in [6.45, 7) is 5.38. The highest BCUT2D eigenvalue weighted by Gasteiger charge is 2.17. The largest absolute Gasteiger partial charge is 0.343 e. The van der Waals surface area contributed by atoms with Gasteiger partial charge < -0.3 is 10.6 Å². The van der Waals surface area contributed by atoms with Crippen LogP contribution in [0.1, 0.15) is 34.0 Å². The Morgan fingerprint density at radius 3 is 2.30 bits per heavy atom. The lowest BCUT2D eigenvalue weighted by Crippen LogP contribution is -2.33. The highest BCUT2D eigenvalue weighted by Crippen LogP contribution is 2.21. The van der Waals surface area contributed by atoms with E-state index in [1.807, 2.05) is 44.2 Å². The van der Waals surface area contributed by atoms with Crippen LogP contribution in [-0.2, 0) is 21.2 Å². The van der Waals surface area contributed by atoms with Crippen molar-refractivity contribution in [1.82, 2.24) is 5.32 Å². The minimum Gasteiger partial charge on any atom is -0.343 e. The summed E-state index contributed by atoms with van der Waals surface area (Å²) in [4.78, 5) is 24.8. The van der Waals surface area contributed by atoms with Gasteiger partial charge in [-0.15, -0.1) is 0 Å². The van der Waals surface area contributed by atoms with E-state index in [9.17, 15) is 18.0 Å². The Morgan fingerprint density at radius 2 is 1.61 bits per heavy atom. The average molecular weight is 466 g/mol. The third-order valence-electron chi connectivity index (χ3n) is 5.11. The van der Waals surface area contributed by atoms with E-state index in [2.05, 4.69) is 15.4 Å². The molecule has 0 radical (unpaired) electrons. The summed E-state index contributed by atoms with van der Waals surface area (Å²) >= 11 is 0.